The molecule has 4 aromatic rings. The summed E-state index contributed by atoms with van der Waals surface area (Å²) in [7, 11) is 0.536. The topological polar surface area (TPSA) is 96.1 Å². The molecule has 1 atom stereocenters. The van der Waals surface area contributed by atoms with Crippen molar-refractivity contribution in [3.8, 4) is 11.4 Å². The van der Waals surface area contributed by atoms with Gasteiger partial charge in [-0.15, -0.1) is 0 Å². The minimum Gasteiger partial charge on any atom is -0.378 e. The van der Waals surface area contributed by atoms with Gasteiger partial charge in [-0.1, -0.05) is 19.6 Å². The molecule has 1 aliphatic rings. The van der Waals surface area contributed by atoms with Crippen molar-refractivity contribution in [1.82, 2.24) is 29.6 Å². The van der Waals surface area contributed by atoms with Crippen LogP contribution in [0.25, 0.3) is 33.5 Å². The number of carbonyl (C=O) groups is 1. The van der Waals surface area contributed by atoms with E-state index in [1.807, 2.05) is 4.57 Å². The Morgan fingerprint density at radius 3 is 2.92 bits per heavy atom. The molecule has 0 unspecified atom stereocenters. The molecular weight excluding hydrogens is 503 g/mol. The summed E-state index contributed by atoms with van der Waals surface area (Å²) in [5.74, 6) is -0.546. The number of nitrogens with one attached hydrogen (secondary N) is 1. The molecule has 11 heteroatoms. The Bertz CT molecular complexity index is 1450. The molecule has 0 aliphatic carbocycles. The molecule has 1 fully saturated rings. The van der Waals surface area contributed by atoms with E-state index in [1.54, 1.807) is 30.2 Å². The number of fused-ring (bicyclic) bond motifs is 2. The average Bonchev–Trinajstić information content (AvgIpc) is 3.59. The third-order valence-electron chi connectivity index (χ3n) is 6.87. The highest BCUT2D eigenvalue weighted by molar-refractivity contribution is 6.76. The van der Waals surface area contributed by atoms with E-state index in [1.165, 1.54) is 12.1 Å². The summed E-state index contributed by atoms with van der Waals surface area (Å²) in [6.45, 7) is 9.17. The van der Waals surface area contributed by atoms with Gasteiger partial charge in [-0.25, -0.2) is 14.4 Å². The Kier molecular flexibility index (Phi) is 7.60. The summed E-state index contributed by atoms with van der Waals surface area (Å²) >= 11 is 0. The Morgan fingerprint density at radius 2 is 2.16 bits per heavy atom. The van der Waals surface area contributed by atoms with Gasteiger partial charge in [-0.2, -0.15) is 5.10 Å². The normalized spacial score (nSPS) is 16.1. The number of benzene rings is 1. The molecule has 5 rings (SSSR count). The molecule has 0 saturated carbocycles. The van der Waals surface area contributed by atoms with E-state index in [4.69, 9.17) is 14.5 Å². The highest BCUT2D eigenvalue weighted by atomic mass is 28.3. The molecule has 0 bridgehead atoms. The van der Waals surface area contributed by atoms with E-state index in [-0.39, 0.29) is 24.6 Å². The number of hydrogen-bond acceptors (Lipinski definition) is 6. The second kappa shape index (κ2) is 10.9. The van der Waals surface area contributed by atoms with E-state index in [0.29, 0.717) is 46.8 Å². The van der Waals surface area contributed by atoms with Crippen LogP contribution in [0, 0.1) is 5.82 Å². The predicted octanol–water partition coefficient (Wildman–Crippen LogP) is 4.74. The smallest absolute Gasteiger partial charge is 0.255 e. The van der Waals surface area contributed by atoms with Crippen molar-refractivity contribution in [1.29, 1.82) is 0 Å². The molecule has 0 spiro atoms. The number of hydrogen-bond donors (Lipinski definition) is 1. The maximum absolute atomic E-state index is 13.8. The maximum Gasteiger partial charge on any atom is 0.255 e. The summed E-state index contributed by atoms with van der Waals surface area (Å²) < 4.78 is 28.9. The lowest BCUT2D eigenvalue weighted by molar-refractivity contribution is 0.0884. The number of ether oxygens (including phenoxy) is 2. The van der Waals surface area contributed by atoms with Crippen LogP contribution in [-0.2, 0) is 23.3 Å². The Morgan fingerprint density at radius 1 is 1.32 bits per heavy atom. The Hall–Kier alpha value is -3.15. The molecule has 202 valence electrons. The van der Waals surface area contributed by atoms with Crippen molar-refractivity contribution in [2.45, 2.75) is 57.8 Å². The molecule has 1 amide bonds. The second-order valence-corrected chi connectivity index (χ2v) is 16.7. The third-order valence-corrected chi connectivity index (χ3v) is 8.57. The van der Waals surface area contributed by atoms with Crippen LogP contribution in [0.1, 0.15) is 29.6 Å². The maximum atomic E-state index is 13.8. The first-order valence-electron chi connectivity index (χ1n) is 13.2. The van der Waals surface area contributed by atoms with Crippen molar-refractivity contribution in [2.75, 3.05) is 19.8 Å². The number of nitrogens with zero attached hydrogens (tertiary/aromatic N) is 5. The number of rotatable bonds is 10. The highest BCUT2D eigenvalue weighted by Crippen LogP contribution is 2.29. The zero-order chi connectivity index (χ0) is 26.9. The van der Waals surface area contributed by atoms with Gasteiger partial charge in [0.25, 0.3) is 5.91 Å². The second-order valence-electron chi connectivity index (χ2n) is 11.1. The minimum absolute atomic E-state index is 0.199. The van der Waals surface area contributed by atoms with Crippen LogP contribution < -0.4 is 5.32 Å². The first-order valence-corrected chi connectivity index (χ1v) is 16.9. The molecule has 1 aliphatic heterocycles. The van der Waals surface area contributed by atoms with Gasteiger partial charge in [0, 0.05) is 46.5 Å². The summed E-state index contributed by atoms with van der Waals surface area (Å²) in [6, 6.07) is 5.58. The van der Waals surface area contributed by atoms with E-state index in [9.17, 15) is 9.18 Å². The highest BCUT2D eigenvalue weighted by Gasteiger charge is 2.22. The van der Waals surface area contributed by atoms with Gasteiger partial charge in [0.05, 0.1) is 23.4 Å². The summed E-state index contributed by atoms with van der Waals surface area (Å²) in [5, 5.41) is 8.36. The van der Waals surface area contributed by atoms with Crippen LogP contribution in [0.4, 0.5) is 4.39 Å². The fourth-order valence-corrected chi connectivity index (χ4v) is 5.46. The molecule has 0 radical (unpaired) electrons. The number of carbonyl (C=O) groups excluding carboxylic acids is 1. The van der Waals surface area contributed by atoms with Gasteiger partial charge in [0.15, 0.2) is 5.65 Å². The van der Waals surface area contributed by atoms with Gasteiger partial charge < -0.3 is 19.4 Å². The van der Waals surface area contributed by atoms with Gasteiger partial charge in [0.1, 0.15) is 29.5 Å². The number of aromatic nitrogens is 5. The molecule has 9 nitrogen and oxygen atoms in total. The predicted molar refractivity (Wildman–Crippen MR) is 147 cm³/mol. The molecule has 38 heavy (non-hydrogen) atoms. The summed E-state index contributed by atoms with van der Waals surface area (Å²) in [5.41, 5.74) is 3.23. The van der Waals surface area contributed by atoms with Crippen LogP contribution in [0.5, 0.6) is 0 Å². The zero-order valence-electron chi connectivity index (χ0n) is 22.5. The monoisotopic (exact) mass is 538 g/mol. The van der Waals surface area contributed by atoms with Gasteiger partial charge >= 0.3 is 0 Å². The molecule has 1 N–H and O–H groups in total. The SMILES string of the molecule is Cn1nc(-c2cnc3c(n2)c(C(=O)NCC[C@H]2CCCO2)cn3COCC[Si](C)(C)C)c2ccc(F)cc21. The zero-order valence-corrected chi connectivity index (χ0v) is 23.5. The standard InChI is InChI=1S/C27H35FN6O3Si/c1-33-23-14-18(28)7-8-20(23)24(32-33)22-15-30-26-25(31-22)21(16-34(26)17-36-12-13-38(2,3)4)27(35)29-10-9-19-6-5-11-37-19/h7-8,14-16,19H,5-6,9-13,17H2,1-4H3,(H,29,35)/t19-/m1/s1. The van der Waals surface area contributed by atoms with E-state index >= 15 is 0 Å². The number of halogens is 1. The quantitative estimate of drug-likeness (QED) is 0.232. The van der Waals surface area contributed by atoms with Gasteiger partial charge in [-0.3, -0.25) is 9.48 Å². The lowest BCUT2D eigenvalue weighted by Crippen LogP contribution is -2.27. The minimum atomic E-state index is -1.23. The van der Waals surface area contributed by atoms with E-state index < -0.39 is 8.07 Å². The van der Waals surface area contributed by atoms with Gasteiger partial charge in [-0.05, 0) is 43.5 Å². The first-order chi connectivity index (χ1) is 18.2. The van der Waals surface area contributed by atoms with Crippen molar-refractivity contribution < 1.29 is 18.7 Å². The molecule has 3 aromatic heterocycles. The number of amides is 1. The Balaban J connectivity index is 1.45. The Labute approximate surface area is 222 Å². The van der Waals surface area contributed by atoms with Crippen LogP contribution >= 0.6 is 0 Å². The third kappa shape index (κ3) is 5.79. The molecular formula is C27H35FN6O3Si. The first kappa shape index (κ1) is 26.5. The van der Waals surface area contributed by atoms with Crippen molar-refractivity contribution in [3.05, 3.63) is 42.0 Å². The number of aryl methyl sites for hydroxylation is 1. The van der Waals surface area contributed by atoms with Crippen LogP contribution in [0.3, 0.4) is 0 Å². The lowest BCUT2D eigenvalue weighted by Gasteiger charge is -2.15. The van der Waals surface area contributed by atoms with Crippen molar-refractivity contribution >= 4 is 36.0 Å². The fraction of sp³-hybridized carbons (Fsp3) is 0.481. The van der Waals surface area contributed by atoms with Crippen LogP contribution in [0.2, 0.25) is 25.7 Å². The van der Waals surface area contributed by atoms with Gasteiger partial charge in [0.2, 0.25) is 0 Å². The average molecular weight is 539 g/mol. The summed E-state index contributed by atoms with van der Waals surface area (Å²) in [6.07, 6.45) is 6.47. The molecule has 1 aromatic carbocycles. The van der Waals surface area contributed by atoms with Crippen LogP contribution in [-0.4, -0.2) is 64.2 Å². The lowest BCUT2D eigenvalue weighted by atomic mass is 10.1. The van der Waals surface area contributed by atoms with E-state index in [0.717, 1.165) is 37.3 Å². The largest absolute Gasteiger partial charge is 0.378 e. The van der Waals surface area contributed by atoms with Crippen molar-refractivity contribution in [2.24, 2.45) is 7.05 Å². The van der Waals surface area contributed by atoms with Crippen LogP contribution in [0.15, 0.2) is 30.6 Å². The van der Waals surface area contributed by atoms with Crippen molar-refractivity contribution in [3.63, 3.8) is 0 Å². The fourth-order valence-electron chi connectivity index (χ4n) is 4.71. The summed E-state index contributed by atoms with van der Waals surface area (Å²) in [4.78, 5) is 22.8. The molecule has 4 heterocycles. The van der Waals surface area contributed by atoms with E-state index in [2.05, 4.69) is 35.0 Å². The molecule has 1 saturated heterocycles.